The van der Waals surface area contributed by atoms with E-state index in [1.54, 1.807) is 0 Å². The highest BCUT2D eigenvalue weighted by atomic mass is 32.1. The number of fused-ring (bicyclic) bond motifs is 6. The molecule has 0 amide bonds. The molecule has 2 nitrogen and oxygen atoms in total. The molecular weight excluding hydrogens is 711 g/mol. The zero-order chi connectivity index (χ0) is 37.7. The summed E-state index contributed by atoms with van der Waals surface area (Å²) in [6, 6.07) is 76.1. The van der Waals surface area contributed by atoms with Crippen LogP contribution in [0.25, 0.3) is 86.6 Å². The topological polar surface area (TPSA) is 16.4 Å². The summed E-state index contributed by atoms with van der Waals surface area (Å²) in [5.74, 6) is 0. The zero-order valence-corrected chi connectivity index (χ0v) is 31.8. The van der Waals surface area contributed by atoms with Crippen LogP contribution in [-0.2, 0) is 0 Å². The van der Waals surface area contributed by atoms with Gasteiger partial charge in [0.1, 0.15) is 5.58 Å². The second-order valence-electron chi connectivity index (χ2n) is 14.5. The Bertz CT molecular complexity index is 3200. The van der Waals surface area contributed by atoms with Crippen molar-refractivity contribution < 1.29 is 4.42 Å². The lowest BCUT2D eigenvalue weighted by Gasteiger charge is -2.26. The first-order chi connectivity index (χ1) is 28.3. The van der Waals surface area contributed by atoms with E-state index in [9.17, 15) is 0 Å². The average molecular weight is 746 g/mol. The monoisotopic (exact) mass is 745 g/mol. The molecule has 268 valence electrons. The molecule has 2 aromatic heterocycles. The fraction of sp³-hybridized carbons (Fsp3) is 0. The van der Waals surface area contributed by atoms with Crippen molar-refractivity contribution in [3.63, 3.8) is 0 Å². The van der Waals surface area contributed by atoms with E-state index in [1.165, 1.54) is 53.6 Å². The summed E-state index contributed by atoms with van der Waals surface area (Å²) in [7, 11) is 0. The summed E-state index contributed by atoms with van der Waals surface area (Å²) in [5, 5.41) is 4.83. The van der Waals surface area contributed by atoms with Gasteiger partial charge in [-0.15, -0.1) is 11.3 Å². The van der Waals surface area contributed by atoms with Crippen molar-refractivity contribution in [3.8, 4) is 44.5 Å². The Balaban J connectivity index is 1.04. The first-order valence-corrected chi connectivity index (χ1v) is 20.1. The Labute approximate surface area is 335 Å². The molecule has 11 rings (SSSR count). The molecule has 0 aliphatic heterocycles. The van der Waals surface area contributed by atoms with Gasteiger partial charge in [0.05, 0.1) is 5.69 Å². The lowest BCUT2D eigenvalue weighted by molar-refractivity contribution is 0.669. The van der Waals surface area contributed by atoms with Gasteiger partial charge in [-0.2, -0.15) is 0 Å². The van der Waals surface area contributed by atoms with Crippen molar-refractivity contribution in [2.75, 3.05) is 4.90 Å². The molecule has 0 N–H and O–H groups in total. The maximum Gasteiger partial charge on any atom is 0.160 e. The number of thiophene rings is 1. The third-order valence-corrected chi connectivity index (χ3v) is 12.3. The predicted octanol–water partition coefficient (Wildman–Crippen LogP) is 16.1. The van der Waals surface area contributed by atoms with Crippen LogP contribution >= 0.6 is 11.3 Å². The molecule has 0 bridgehead atoms. The first kappa shape index (κ1) is 33.2. The van der Waals surface area contributed by atoms with Crippen LogP contribution in [0, 0.1) is 0 Å². The normalized spacial score (nSPS) is 11.5. The van der Waals surface area contributed by atoms with Crippen LogP contribution in [0.5, 0.6) is 0 Å². The zero-order valence-electron chi connectivity index (χ0n) is 31.0. The minimum absolute atomic E-state index is 0.860. The molecule has 0 atom stereocenters. The lowest BCUT2D eigenvalue weighted by Crippen LogP contribution is -2.10. The molecule has 0 spiro atoms. The molecule has 0 fully saturated rings. The van der Waals surface area contributed by atoms with E-state index in [-0.39, 0.29) is 0 Å². The highest BCUT2D eigenvalue weighted by molar-refractivity contribution is 7.26. The molecule has 9 aromatic carbocycles. The Morgan fingerprint density at radius 2 is 0.912 bits per heavy atom. The fourth-order valence-electron chi connectivity index (χ4n) is 8.34. The Morgan fingerprint density at radius 1 is 0.368 bits per heavy atom. The molecule has 0 saturated heterocycles. The van der Waals surface area contributed by atoms with E-state index in [1.807, 2.05) is 17.4 Å². The van der Waals surface area contributed by atoms with Crippen LogP contribution in [0.2, 0.25) is 0 Å². The van der Waals surface area contributed by atoms with Crippen molar-refractivity contribution in [2.45, 2.75) is 0 Å². The molecular formula is C54H35NOS. The fourth-order valence-corrected chi connectivity index (χ4v) is 9.61. The molecule has 3 heteroatoms. The van der Waals surface area contributed by atoms with Gasteiger partial charge in [0.2, 0.25) is 0 Å². The minimum atomic E-state index is 0.860. The Hall–Kier alpha value is -7.20. The molecule has 0 aliphatic carbocycles. The number of benzene rings is 9. The number of para-hydroxylation sites is 1. The standard InChI is InChI=1S/C54H35NOS/c1-4-13-36(14-5-1)37-23-28-42(29-24-37)55(49-34-33-44(39-15-6-2-7-16-39)52-48-19-10-11-22-50(48)56-53(49)52)43-30-25-38(26-31-43)41-27-32-46-47-21-12-20-45(40-17-8-3-9-18-40)54(47)57-51(46)35-41/h1-35H. The number of hydrogen-bond acceptors (Lipinski definition) is 3. The predicted molar refractivity (Wildman–Crippen MR) is 243 cm³/mol. The van der Waals surface area contributed by atoms with Crippen molar-refractivity contribution in [1.82, 2.24) is 0 Å². The molecule has 2 heterocycles. The van der Waals surface area contributed by atoms with Gasteiger partial charge in [0.25, 0.3) is 0 Å². The van der Waals surface area contributed by atoms with Gasteiger partial charge in [0, 0.05) is 42.3 Å². The second-order valence-corrected chi connectivity index (χ2v) is 15.5. The third kappa shape index (κ3) is 5.80. The van der Waals surface area contributed by atoms with Crippen LogP contribution in [0.4, 0.5) is 17.1 Å². The van der Waals surface area contributed by atoms with Crippen LogP contribution < -0.4 is 4.90 Å². The van der Waals surface area contributed by atoms with Gasteiger partial charge in [-0.25, -0.2) is 0 Å². The largest absolute Gasteiger partial charge is 0.454 e. The molecule has 0 radical (unpaired) electrons. The average Bonchev–Trinajstić information content (AvgIpc) is 3.87. The van der Waals surface area contributed by atoms with Crippen LogP contribution in [0.1, 0.15) is 0 Å². The van der Waals surface area contributed by atoms with Gasteiger partial charge in [-0.1, -0.05) is 170 Å². The van der Waals surface area contributed by atoms with E-state index in [4.69, 9.17) is 4.42 Å². The van der Waals surface area contributed by atoms with E-state index >= 15 is 0 Å². The van der Waals surface area contributed by atoms with Gasteiger partial charge < -0.3 is 9.32 Å². The highest BCUT2D eigenvalue weighted by Gasteiger charge is 2.22. The maximum absolute atomic E-state index is 6.82. The van der Waals surface area contributed by atoms with Crippen molar-refractivity contribution in [2.24, 2.45) is 0 Å². The van der Waals surface area contributed by atoms with Gasteiger partial charge >= 0.3 is 0 Å². The molecule has 0 aliphatic rings. The highest BCUT2D eigenvalue weighted by Crippen LogP contribution is 2.47. The molecule has 0 unspecified atom stereocenters. The number of anilines is 3. The van der Waals surface area contributed by atoms with Crippen LogP contribution in [0.15, 0.2) is 217 Å². The van der Waals surface area contributed by atoms with Crippen LogP contribution in [-0.4, -0.2) is 0 Å². The van der Waals surface area contributed by atoms with E-state index in [2.05, 4.69) is 211 Å². The Morgan fingerprint density at radius 3 is 1.60 bits per heavy atom. The van der Waals surface area contributed by atoms with E-state index in [0.717, 1.165) is 50.1 Å². The number of nitrogens with zero attached hydrogens (tertiary/aromatic N) is 1. The maximum atomic E-state index is 6.82. The van der Waals surface area contributed by atoms with Gasteiger partial charge in [0.15, 0.2) is 5.58 Å². The molecule has 0 saturated carbocycles. The summed E-state index contributed by atoms with van der Waals surface area (Å²) >= 11 is 1.88. The van der Waals surface area contributed by atoms with Gasteiger partial charge in [-0.3, -0.25) is 0 Å². The quantitative estimate of drug-likeness (QED) is 0.162. The summed E-state index contributed by atoms with van der Waals surface area (Å²) in [4.78, 5) is 2.33. The third-order valence-electron chi connectivity index (χ3n) is 11.1. The van der Waals surface area contributed by atoms with E-state index in [0.29, 0.717) is 0 Å². The number of hydrogen-bond donors (Lipinski definition) is 0. The summed E-state index contributed by atoms with van der Waals surface area (Å²) in [6.07, 6.45) is 0. The van der Waals surface area contributed by atoms with Crippen LogP contribution in [0.3, 0.4) is 0 Å². The SMILES string of the molecule is c1ccc(-c2ccc(N(c3ccc(-c4ccc5c(c4)sc4c(-c6ccccc6)cccc45)cc3)c3ccc(-c4ccccc4)c4c3oc3ccccc34)cc2)cc1. The van der Waals surface area contributed by atoms with Crippen molar-refractivity contribution >= 4 is 70.5 Å². The number of furan rings is 1. The van der Waals surface area contributed by atoms with E-state index < -0.39 is 0 Å². The lowest BCUT2D eigenvalue weighted by atomic mass is 9.98. The Kier molecular flexibility index (Phi) is 8.04. The molecule has 11 aromatic rings. The smallest absolute Gasteiger partial charge is 0.160 e. The first-order valence-electron chi connectivity index (χ1n) is 19.3. The van der Waals surface area contributed by atoms with Crippen molar-refractivity contribution in [3.05, 3.63) is 212 Å². The minimum Gasteiger partial charge on any atom is -0.454 e. The molecule has 57 heavy (non-hydrogen) atoms. The van der Waals surface area contributed by atoms with Gasteiger partial charge in [-0.05, 0) is 87.0 Å². The summed E-state index contributed by atoms with van der Waals surface area (Å²) in [5.41, 5.74) is 14.4. The second kappa shape index (κ2) is 13.8. The summed E-state index contributed by atoms with van der Waals surface area (Å²) in [6.45, 7) is 0. The number of rotatable bonds is 7. The summed E-state index contributed by atoms with van der Waals surface area (Å²) < 4.78 is 9.44. The van der Waals surface area contributed by atoms with Crippen molar-refractivity contribution in [1.29, 1.82) is 0 Å².